The minimum absolute atomic E-state index is 0.174. The van der Waals surface area contributed by atoms with Crippen molar-refractivity contribution in [2.75, 3.05) is 0 Å². The maximum atomic E-state index is 10.0. The molecule has 3 aromatic rings. The lowest BCUT2D eigenvalue weighted by Crippen LogP contribution is -1.91. The summed E-state index contributed by atoms with van der Waals surface area (Å²) in [6.07, 6.45) is 0. The van der Waals surface area contributed by atoms with E-state index in [1.165, 1.54) is 0 Å². The summed E-state index contributed by atoms with van der Waals surface area (Å²) >= 11 is 13.6. The normalized spacial score (nSPS) is 10.9. The zero-order valence-electron chi connectivity index (χ0n) is 12.9. The largest absolute Gasteiger partial charge is 0.506 e. The first-order valence-electron chi connectivity index (χ1n) is 7.26. The maximum Gasteiger partial charge on any atom is 0.143 e. The summed E-state index contributed by atoms with van der Waals surface area (Å²) in [5.41, 5.74) is 5.15. The Morgan fingerprint density at radius 3 is 1.60 bits per heavy atom. The second-order valence-electron chi connectivity index (χ2n) is 5.57. The smallest absolute Gasteiger partial charge is 0.143 e. The van der Waals surface area contributed by atoms with Gasteiger partial charge in [0.25, 0.3) is 0 Å². The lowest BCUT2D eigenvalue weighted by atomic mass is 9.91. The van der Waals surface area contributed by atoms with Crippen molar-refractivity contribution in [3.63, 3.8) is 0 Å². The van der Waals surface area contributed by atoms with Gasteiger partial charge in [-0.2, -0.15) is 0 Å². The number of aromatic hydroxyl groups is 2. The molecule has 6 heteroatoms. The van der Waals surface area contributed by atoms with Crippen LogP contribution in [-0.4, -0.2) is 10.2 Å². The second-order valence-corrected chi connectivity index (χ2v) is 8.99. The van der Waals surface area contributed by atoms with E-state index >= 15 is 0 Å². The van der Waals surface area contributed by atoms with Gasteiger partial charge in [0.15, 0.2) is 0 Å². The molecule has 0 unspecified atom stereocenters. The monoisotopic (exact) mass is 588 g/mol. The predicted molar refractivity (Wildman–Crippen MR) is 116 cm³/mol. The van der Waals surface area contributed by atoms with E-state index in [0.29, 0.717) is 17.9 Å². The van der Waals surface area contributed by atoms with Gasteiger partial charge in [0, 0.05) is 0 Å². The number of aryl methyl sites for hydroxylation is 1. The van der Waals surface area contributed by atoms with Gasteiger partial charge >= 0.3 is 0 Å². The Kier molecular flexibility index (Phi) is 5.63. The molecular weight excluding hydrogens is 580 g/mol. The van der Waals surface area contributed by atoms with Crippen molar-refractivity contribution in [1.29, 1.82) is 0 Å². The number of hydrogen-bond acceptors (Lipinski definition) is 2. The Hall–Kier alpha value is -0.820. The maximum absolute atomic E-state index is 10.0. The quantitative estimate of drug-likeness (QED) is 0.319. The Labute approximate surface area is 179 Å². The third kappa shape index (κ3) is 3.68. The Balaban J connectivity index is 2.30. The van der Waals surface area contributed by atoms with Crippen LogP contribution >= 0.6 is 63.7 Å². The zero-order valence-corrected chi connectivity index (χ0v) is 19.3. The molecule has 0 aliphatic rings. The van der Waals surface area contributed by atoms with Crippen molar-refractivity contribution < 1.29 is 10.2 Å². The van der Waals surface area contributed by atoms with E-state index < -0.39 is 0 Å². The molecule has 0 aromatic heterocycles. The molecule has 2 nitrogen and oxygen atoms in total. The van der Waals surface area contributed by atoms with Crippen LogP contribution in [0.3, 0.4) is 0 Å². The van der Waals surface area contributed by atoms with Crippen LogP contribution in [0.1, 0.15) is 5.56 Å². The van der Waals surface area contributed by atoms with Gasteiger partial charge in [-0.05, 0) is 123 Å². The van der Waals surface area contributed by atoms with Gasteiger partial charge in [0.05, 0.1) is 17.9 Å². The third-order valence-electron chi connectivity index (χ3n) is 3.91. The van der Waals surface area contributed by atoms with Crippen molar-refractivity contribution in [2.45, 2.75) is 6.92 Å². The van der Waals surface area contributed by atoms with Gasteiger partial charge in [0.1, 0.15) is 11.5 Å². The van der Waals surface area contributed by atoms with Crippen LogP contribution in [0.15, 0.2) is 60.4 Å². The van der Waals surface area contributed by atoms with Gasteiger partial charge in [-0.3, -0.25) is 0 Å². The van der Waals surface area contributed by atoms with E-state index in [1.807, 2.05) is 36.4 Å². The van der Waals surface area contributed by atoms with E-state index in [9.17, 15) is 10.2 Å². The molecular formula is C19H12Br4O2. The standard InChI is InChI=1S/C19H12Br4O2/c1-9-3-2-4-12(10-5-13(20)18(24)14(21)6-10)17(9)11-7-15(22)19(25)16(23)8-11/h2-8,24-25H,1H3. The molecule has 0 amide bonds. The third-order valence-corrected chi connectivity index (χ3v) is 6.32. The number of hydrogen-bond donors (Lipinski definition) is 2. The molecule has 0 atom stereocenters. The van der Waals surface area contributed by atoms with Crippen LogP contribution in [-0.2, 0) is 0 Å². The van der Waals surface area contributed by atoms with Crippen molar-refractivity contribution in [2.24, 2.45) is 0 Å². The number of halogens is 4. The molecule has 3 aromatic carbocycles. The summed E-state index contributed by atoms with van der Waals surface area (Å²) in [6.45, 7) is 2.05. The summed E-state index contributed by atoms with van der Waals surface area (Å²) in [7, 11) is 0. The molecule has 0 saturated carbocycles. The molecule has 3 rings (SSSR count). The Morgan fingerprint density at radius 2 is 1.12 bits per heavy atom. The molecule has 0 fully saturated rings. The van der Waals surface area contributed by atoms with Crippen LogP contribution < -0.4 is 0 Å². The fraction of sp³-hybridized carbons (Fsp3) is 0.0526. The fourth-order valence-electron chi connectivity index (χ4n) is 2.72. The second kappa shape index (κ2) is 7.43. The molecule has 0 bridgehead atoms. The molecule has 0 aliphatic carbocycles. The Bertz CT molecular complexity index is 937. The topological polar surface area (TPSA) is 40.5 Å². The van der Waals surface area contributed by atoms with Gasteiger partial charge in [-0.15, -0.1) is 0 Å². The van der Waals surface area contributed by atoms with E-state index in [-0.39, 0.29) is 11.5 Å². The number of rotatable bonds is 2. The van der Waals surface area contributed by atoms with Gasteiger partial charge in [-0.25, -0.2) is 0 Å². The van der Waals surface area contributed by atoms with E-state index in [1.54, 1.807) is 0 Å². The summed E-state index contributed by atoms with van der Waals surface area (Å²) in [5, 5.41) is 20.0. The molecule has 128 valence electrons. The molecule has 0 saturated heterocycles. The van der Waals surface area contributed by atoms with Crippen LogP contribution in [0.5, 0.6) is 11.5 Å². The van der Waals surface area contributed by atoms with Crippen molar-refractivity contribution in [3.8, 4) is 33.8 Å². The number of phenols is 2. The fourth-order valence-corrected chi connectivity index (χ4v) is 5.10. The van der Waals surface area contributed by atoms with E-state index in [0.717, 1.165) is 27.8 Å². The molecule has 0 spiro atoms. The minimum Gasteiger partial charge on any atom is -0.506 e. The van der Waals surface area contributed by atoms with Crippen LogP contribution in [0.2, 0.25) is 0 Å². The first-order chi connectivity index (χ1) is 11.8. The summed E-state index contributed by atoms with van der Waals surface area (Å²) < 4.78 is 2.49. The van der Waals surface area contributed by atoms with E-state index in [2.05, 4.69) is 76.7 Å². The molecule has 2 N–H and O–H groups in total. The van der Waals surface area contributed by atoms with Crippen LogP contribution in [0.25, 0.3) is 22.3 Å². The Morgan fingerprint density at radius 1 is 0.680 bits per heavy atom. The minimum atomic E-state index is 0.174. The predicted octanol–water partition coefficient (Wildman–Crippen LogP) is 7.79. The van der Waals surface area contributed by atoms with E-state index in [4.69, 9.17) is 0 Å². The van der Waals surface area contributed by atoms with Crippen molar-refractivity contribution in [3.05, 3.63) is 65.9 Å². The average molecular weight is 592 g/mol. The zero-order chi connectivity index (χ0) is 18.3. The van der Waals surface area contributed by atoms with Crippen molar-refractivity contribution in [1.82, 2.24) is 0 Å². The highest BCUT2D eigenvalue weighted by atomic mass is 79.9. The lowest BCUT2D eigenvalue weighted by molar-refractivity contribution is 0.468. The average Bonchev–Trinajstić information content (AvgIpc) is 2.56. The highest BCUT2D eigenvalue weighted by Crippen LogP contribution is 2.43. The van der Waals surface area contributed by atoms with Gasteiger partial charge in [0.2, 0.25) is 0 Å². The summed E-state index contributed by atoms with van der Waals surface area (Å²) in [6, 6.07) is 13.7. The van der Waals surface area contributed by atoms with Gasteiger partial charge < -0.3 is 10.2 Å². The molecule has 0 heterocycles. The summed E-state index contributed by atoms with van der Waals surface area (Å²) in [5.74, 6) is 0.349. The molecule has 0 aliphatic heterocycles. The van der Waals surface area contributed by atoms with Crippen LogP contribution in [0, 0.1) is 6.92 Å². The summed E-state index contributed by atoms with van der Waals surface area (Å²) in [4.78, 5) is 0. The highest BCUT2D eigenvalue weighted by Gasteiger charge is 2.16. The highest BCUT2D eigenvalue weighted by molar-refractivity contribution is 9.11. The van der Waals surface area contributed by atoms with Gasteiger partial charge in [-0.1, -0.05) is 18.2 Å². The number of phenolic OH excluding ortho intramolecular Hbond substituents is 2. The molecule has 0 radical (unpaired) electrons. The van der Waals surface area contributed by atoms with Crippen molar-refractivity contribution >= 4 is 63.7 Å². The number of benzene rings is 3. The lowest BCUT2D eigenvalue weighted by Gasteiger charge is -2.16. The molecule has 25 heavy (non-hydrogen) atoms. The SMILES string of the molecule is Cc1cccc(-c2cc(Br)c(O)c(Br)c2)c1-c1cc(Br)c(O)c(Br)c1. The first-order valence-corrected chi connectivity index (χ1v) is 10.4. The van der Waals surface area contributed by atoms with Crippen LogP contribution in [0.4, 0.5) is 0 Å². The first kappa shape index (κ1) is 19.0.